The molecule has 0 saturated carbocycles. The summed E-state index contributed by atoms with van der Waals surface area (Å²) in [5, 5.41) is 6.66. The maximum Gasteiger partial charge on any atom is 0.223 e. The molecule has 1 atom stereocenters. The van der Waals surface area contributed by atoms with Crippen molar-refractivity contribution < 1.29 is 9.53 Å². The Morgan fingerprint density at radius 3 is 2.10 bits per heavy atom. The van der Waals surface area contributed by atoms with Crippen molar-refractivity contribution in [2.24, 2.45) is 5.92 Å². The lowest BCUT2D eigenvalue weighted by Crippen LogP contribution is -2.45. The van der Waals surface area contributed by atoms with E-state index in [1.54, 1.807) is 0 Å². The van der Waals surface area contributed by atoms with Gasteiger partial charge in [0.05, 0.1) is 6.10 Å². The number of hydrogen-bond donors (Lipinski definition) is 2. The molecule has 1 fully saturated rings. The second-order valence-corrected chi connectivity index (χ2v) is 8.43. The molecule has 3 rings (SSSR count). The van der Waals surface area contributed by atoms with Crippen LogP contribution in [0.1, 0.15) is 43.4 Å². The van der Waals surface area contributed by atoms with Crippen LogP contribution >= 0.6 is 0 Å². The van der Waals surface area contributed by atoms with Gasteiger partial charge < -0.3 is 15.4 Å². The van der Waals surface area contributed by atoms with Crippen LogP contribution in [-0.2, 0) is 17.6 Å². The van der Waals surface area contributed by atoms with Crippen molar-refractivity contribution in [3.63, 3.8) is 0 Å². The van der Waals surface area contributed by atoms with Gasteiger partial charge in [0.25, 0.3) is 0 Å². The Morgan fingerprint density at radius 1 is 1.00 bits per heavy atom. The molecule has 156 valence electrons. The van der Waals surface area contributed by atoms with Crippen LogP contribution in [-0.4, -0.2) is 31.1 Å². The summed E-state index contributed by atoms with van der Waals surface area (Å²) in [5.41, 5.74) is 3.62. The molecule has 1 amide bonds. The number of nitrogens with one attached hydrogen (secondary N) is 2. The minimum absolute atomic E-state index is 0.0792. The van der Waals surface area contributed by atoms with Crippen LogP contribution in [0, 0.1) is 12.8 Å². The number of aryl methyl sites for hydroxylation is 1. The van der Waals surface area contributed by atoms with Gasteiger partial charge >= 0.3 is 0 Å². The molecule has 1 aliphatic heterocycles. The molecule has 1 unspecified atom stereocenters. The van der Waals surface area contributed by atoms with E-state index in [9.17, 15) is 4.79 Å². The fraction of sp³-hybridized carbons (Fsp3) is 0.480. The summed E-state index contributed by atoms with van der Waals surface area (Å²) in [6, 6.07) is 17.0. The predicted molar refractivity (Wildman–Crippen MR) is 118 cm³/mol. The van der Waals surface area contributed by atoms with Gasteiger partial charge in [-0.2, -0.15) is 0 Å². The van der Waals surface area contributed by atoms with Gasteiger partial charge in [-0.25, -0.2) is 0 Å². The molecule has 1 aliphatic rings. The molecule has 0 aromatic heterocycles. The summed E-state index contributed by atoms with van der Waals surface area (Å²) >= 11 is 0. The van der Waals surface area contributed by atoms with Crippen LogP contribution in [0.25, 0.3) is 0 Å². The van der Waals surface area contributed by atoms with Gasteiger partial charge in [-0.15, -0.1) is 0 Å². The van der Waals surface area contributed by atoms with Gasteiger partial charge in [0.2, 0.25) is 5.91 Å². The third-order valence-electron chi connectivity index (χ3n) is 5.44. The molecular formula is C25H34N2O2. The molecule has 1 saturated heterocycles. The van der Waals surface area contributed by atoms with Crippen LogP contribution in [0.5, 0.6) is 5.75 Å². The van der Waals surface area contributed by atoms with Crippen molar-refractivity contribution in [1.82, 2.24) is 10.6 Å². The van der Waals surface area contributed by atoms with Crippen molar-refractivity contribution in [1.29, 1.82) is 0 Å². The van der Waals surface area contributed by atoms with Crippen LogP contribution < -0.4 is 15.4 Å². The highest BCUT2D eigenvalue weighted by molar-refractivity contribution is 5.79. The van der Waals surface area contributed by atoms with Crippen molar-refractivity contribution in [3.8, 4) is 5.75 Å². The summed E-state index contributed by atoms with van der Waals surface area (Å²) in [5.74, 6) is 0.961. The molecule has 29 heavy (non-hydrogen) atoms. The first-order valence-electron chi connectivity index (χ1n) is 10.8. The number of ether oxygens (including phenoxy) is 1. The number of carbonyl (C=O) groups excluding carboxylic acids is 1. The Hall–Kier alpha value is -2.33. The normalized spacial score (nSPS) is 15.9. The minimum atomic E-state index is -0.0792. The van der Waals surface area contributed by atoms with Gasteiger partial charge in [-0.05, 0) is 82.8 Å². The van der Waals surface area contributed by atoms with Gasteiger partial charge in [0.1, 0.15) is 5.75 Å². The molecule has 4 nitrogen and oxygen atoms in total. The van der Waals surface area contributed by atoms with E-state index in [1.807, 2.05) is 26.0 Å². The third kappa shape index (κ3) is 6.90. The van der Waals surface area contributed by atoms with E-state index in [0.29, 0.717) is 0 Å². The summed E-state index contributed by atoms with van der Waals surface area (Å²) in [4.78, 5) is 13.1. The van der Waals surface area contributed by atoms with Crippen molar-refractivity contribution in [3.05, 3.63) is 65.2 Å². The smallest absolute Gasteiger partial charge is 0.223 e. The standard InChI is InChI=1S/C25H34N2O2/c1-18(2)29-24-10-8-21(9-11-24)17-22(16-20-6-4-19(3)5-7-20)25(28)27-23-12-14-26-15-13-23/h4-11,18,22-23,26H,12-17H2,1-3H3,(H,27,28). The molecule has 2 aromatic rings. The largest absolute Gasteiger partial charge is 0.491 e. The number of benzene rings is 2. The summed E-state index contributed by atoms with van der Waals surface area (Å²) in [6.07, 6.45) is 3.65. The maximum absolute atomic E-state index is 13.1. The molecule has 4 heteroatoms. The lowest BCUT2D eigenvalue weighted by Gasteiger charge is -2.26. The van der Waals surface area contributed by atoms with Crippen LogP contribution in [0.3, 0.4) is 0 Å². The Balaban J connectivity index is 1.70. The van der Waals surface area contributed by atoms with Crippen molar-refractivity contribution >= 4 is 5.91 Å². The predicted octanol–water partition coefficient (Wildman–Crippen LogP) is 4.05. The molecule has 2 N–H and O–H groups in total. The maximum atomic E-state index is 13.1. The van der Waals surface area contributed by atoms with E-state index in [4.69, 9.17) is 4.74 Å². The number of hydrogen-bond acceptors (Lipinski definition) is 3. The van der Waals surface area contributed by atoms with Gasteiger partial charge in [0.15, 0.2) is 0 Å². The Kier molecular flexibility index (Phi) is 7.70. The fourth-order valence-corrected chi connectivity index (χ4v) is 3.81. The molecule has 0 spiro atoms. The average molecular weight is 395 g/mol. The topological polar surface area (TPSA) is 50.4 Å². The number of carbonyl (C=O) groups is 1. The zero-order chi connectivity index (χ0) is 20.6. The van der Waals surface area contributed by atoms with E-state index < -0.39 is 0 Å². The molecule has 0 radical (unpaired) electrons. The van der Waals surface area contributed by atoms with Crippen molar-refractivity contribution in [2.45, 2.75) is 58.6 Å². The lowest BCUT2D eigenvalue weighted by atomic mass is 9.90. The Morgan fingerprint density at radius 2 is 1.55 bits per heavy atom. The monoisotopic (exact) mass is 394 g/mol. The number of amides is 1. The number of piperidine rings is 1. The first-order valence-corrected chi connectivity index (χ1v) is 10.8. The first kappa shape index (κ1) is 21.4. The van der Waals surface area contributed by atoms with E-state index in [0.717, 1.165) is 44.5 Å². The molecule has 0 bridgehead atoms. The summed E-state index contributed by atoms with van der Waals surface area (Å²) in [6.45, 7) is 8.09. The van der Waals surface area contributed by atoms with E-state index >= 15 is 0 Å². The van der Waals surface area contributed by atoms with Gasteiger partial charge in [-0.3, -0.25) is 4.79 Å². The zero-order valence-corrected chi connectivity index (χ0v) is 17.9. The lowest BCUT2D eigenvalue weighted by molar-refractivity contribution is -0.125. The quantitative estimate of drug-likeness (QED) is 0.710. The SMILES string of the molecule is Cc1ccc(CC(Cc2ccc(OC(C)C)cc2)C(=O)NC2CCNCC2)cc1. The second-order valence-electron chi connectivity index (χ2n) is 8.43. The molecule has 0 aliphatic carbocycles. The average Bonchev–Trinajstić information content (AvgIpc) is 2.71. The Labute approximate surface area is 175 Å². The van der Waals surface area contributed by atoms with E-state index in [-0.39, 0.29) is 24.0 Å². The van der Waals surface area contributed by atoms with Crippen LogP contribution in [0.4, 0.5) is 0 Å². The molecule has 2 aromatic carbocycles. The van der Waals surface area contributed by atoms with E-state index in [1.165, 1.54) is 16.7 Å². The fourth-order valence-electron chi connectivity index (χ4n) is 3.81. The first-order chi connectivity index (χ1) is 14.0. The summed E-state index contributed by atoms with van der Waals surface area (Å²) < 4.78 is 5.74. The van der Waals surface area contributed by atoms with Crippen molar-refractivity contribution in [2.75, 3.05) is 13.1 Å². The number of rotatable bonds is 8. The zero-order valence-electron chi connectivity index (χ0n) is 17.9. The van der Waals surface area contributed by atoms with Crippen LogP contribution in [0.2, 0.25) is 0 Å². The summed E-state index contributed by atoms with van der Waals surface area (Å²) in [7, 11) is 0. The highest BCUT2D eigenvalue weighted by Crippen LogP contribution is 2.20. The Bertz CT molecular complexity index is 762. The minimum Gasteiger partial charge on any atom is -0.491 e. The highest BCUT2D eigenvalue weighted by Gasteiger charge is 2.23. The second kappa shape index (κ2) is 10.4. The van der Waals surface area contributed by atoms with Crippen LogP contribution in [0.15, 0.2) is 48.5 Å². The highest BCUT2D eigenvalue weighted by atomic mass is 16.5. The third-order valence-corrected chi connectivity index (χ3v) is 5.44. The molecular weight excluding hydrogens is 360 g/mol. The van der Waals surface area contributed by atoms with E-state index in [2.05, 4.69) is 54.0 Å². The molecule has 1 heterocycles. The van der Waals surface area contributed by atoms with Gasteiger partial charge in [0, 0.05) is 12.0 Å². The van der Waals surface area contributed by atoms with Gasteiger partial charge in [-0.1, -0.05) is 42.0 Å².